The molecule has 1 aromatic heterocycles. The first-order chi connectivity index (χ1) is 8.08. The second-order valence-electron chi connectivity index (χ2n) is 5.16. The fourth-order valence-electron chi connectivity index (χ4n) is 2.39. The third-order valence-electron chi connectivity index (χ3n) is 3.60. The number of hydrogen-bond donors (Lipinski definition) is 1. The summed E-state index contributed by atoms with van der Waals surface area (Å²) in [6, 6.07) is 0.588. The zero-order valence-electron chi connectivity index (χ0n) is 11.0. The molecule has 2 N–H and O–H groups in total. The van der Waals surface area contributed by atoms with E-state index in [1.807, 2.05) is 19.4 Å². The Morgan fingerprint density at radius 1 is 1.47 bits per heavy atom. The van der Waals surface area contributed by atoms with Gasteiger partial charge < -0.3 is 15.2 Å². The molecule has 0 bridgehead atoms. The summed E-state index contributed by atoms with van der Waals surface area (Å²) in [5.41, 5.74) is 7.06. The van der Waals surface area contributed by atoms with Crippen LogP contribution in [0, 0.1) is 0 Å². The molecule has 2 rings (SSSR count). The standard InChI is InChI=1S/C12H23N5/c1-10(13)12-6-14-9-17(12)8-11-7-15(2)4-5-16(11)3/h6,9-11H,4-5,7-8,13H2,1-3H3/t10-,11?/m1/s1. The lowest BCUT2D eigenvalue weighted by Gasteiger charge is -2.38. The quantitative estimate of drug-likeness (QED) is 0.813. The van der Waals surface area contributed by atoms with Crippen molar-refractivity contribution in [3.05, 3.63) is 18.2 Å². The van der Waals surface area contributed by atoms with Gasteiger partial charge in [0, 0.05) is 44.5 Å². The summed E-state index contributed by atoms with van der Waals surface area (Å²) in [4.78, 5) is 9.01. The number of piperazine rings is 1. The van der Waals surface area contributed by atoms with Gasteiger partial charge in [0.15, 0.2) is 0 Å². The van der Waals surface area contributed by atoms with Crippen LogP contribution in [-0.2, 0) is 6.54 Å². The van der Waals surface area contributed by atoms with Gasteiger partial charge in [0.25, 0.3) is 0 Å². The summed E-state index contributed by atoms with van der Waals surface area (Å²) < 4.78 is 2.19. The Kier molecular flexibility index (Phi) is 3.81. The zero-order chi connectivity index (χ0) is 12.4. The van der Waals surface area contributed by atoms with E-state index < -0.39 is 0 Å². The van der Waals surface area contributed by atoms with E-state index in [0.29, 0.717) is 6.04 Å². The van der Waals surface area contributed by atoms with Crippen molar-refractivity contribution in [3.8, 4) is 0 Å². The molecule has 0 aromatic carbocycles. The van der Waals surface area contributed by atoms with E-state index in [4.69, 9.17) is 5.73 Å². The van der Waals surface area contributed by atoms with Crippen LogP contribution in [0.15, 0.2) is 12.5 Å². The highest BCUT2D eigenvalue weighted by Gasteiger charge is 2.23. The molecule has 1 aliphatic heterocycles. The molecule has 5 heteroatoms. The van der Waals surface area contributed by atoms with Gasteiger partial charge in [0.05, 0.1) is 12.0 Å². The van der Waals surface area contributed by atoms with Crippen molar-refractivity contribution in [2.75, 3.05) is 33.7 Å². The van der Waals surface area contributed by atoms with Gasteiger partial charge in [-0.1, -0.05) is 0 Å². The zero-order valence-corrected chi connectivity index (χ0v) is 11.0. The van der Waals surface area contributed by atoms with E-state index >= 15 is 0 Å². The molecular formula is C12H23N5. The lowest BCUT2D eigenvalue weighted by atomic mass is 10.1. The normalized spacial score (nSPS) is 25.1. The molecule has 17 heavy (non-hydrogen) atoms. The van der Waals surface area contributed by atoms with Crippen LogP contribution in [0.3, 0.4) is 0 Å². The van der Waals surface area contributed by atoms with Crippen molar-refractivity contribution in [1.29, 1.82) is 0 Å². The third kappa shape index (κ3) is 2.86. The van der Waals surface area contributed by atoms with Crippen LogP contribution in [0.1, 0.15) is 18.7 Å². The van der Waals surface area contributed by atoms with Crippen molar-refractivity contribution in [2.45, 2.75) is 25.6 Å². The monoisotopic (exact) mass is 237 g/mol. The number of nitrogens with zero attached hydrogens (tertiary/aromatic N) is 4. The van der Waals surface area contributed by atoms with Gasteiger partial charge in [-0.15, -0.1) is 0 Å². The van der Waals surface area contributed by atoms with E-state index in [1.165, 1.54) is 0 Å². The largest absolute Gasteiger partial charge is 0.332 e. The molecule has 2 atom stereocenters. The predicted octanol–water partition coefficient (Wildman–Crippen LogP) is 0.149. The number of hydrogen-bond acceptors (Lipinski definition) is 4. The topological polar surface area (TPSA) is 50.3 Å². The summed E-state index contributed by atoms with van der Waals surface area (Å²) in [6.45, 7) is 6.36. The number of rotatable bonds is 3. The van der Waals surface area contributed by atoms with Crippen LogP contribution in [0.25, 0.3) is 0 Å². The van der Waals surface area contributed by atoms with Gasteiger partial charge in [-0.2, -0.15) is 0 Å². The van der Waals surface area contributed by atoms with Crippen LogP contribution in [0.2, 0.25) is 0 Å². The first-order valence-electron chi connectivity index (χ1n) is 6.22. The van der Waals surface area contributed by atoms with Crippen LogP contribution < -0.4 is 5.73 Å². The smallest absolute Gasteiger partial charge is 0.0949 e. The molecule has 96 valence electrons. The maximum atomic E-state index is 5.94. The Hall–Kier alpha value is -0.910. The molecule has 0 radical (unpaired) electrons. The van der Waals surface area contributed by atoms with E-state index in [2.05, 4.69) is 33.4 Å². The van der Waals surface area contributed by atoms with E-state index in [1.54, 1.807) is 0 Å². The minimum atomic E-state index is 0.0455. The Balaban J connectivity index is 2.06. The molecule has 0 spiro atoms. The van der Waals surface area contributed by atoms with Gasteiger partial charge in [0.2, 0.25) is 0 Å². The predicted molar refractivity (Wildman–Crippen MR) is 68.7 cm³/mol. The van der Waals surface area contributed by atoms with Crippen LogP contribution in [0.5, 0.6) is 0 Å². The molecule has 5 nitrogen and oxygen atoms in total. The van der Waals surface area contributed by atoms with E-state index in [0.717, 1.165) is 31.9 Å². The molecule has 0 aliphatic carbocycles. The first-order valence-corrected chi connectivity index (χ1v) is 6.22. The average Bonchev–Trinajstić information content (AvgIpc) is 2.71. The molecule has 1 aliphatic rings. The van der Waals surface area contributed by atoms with Crippen LogP contribution in [0.4, 0.5) is 0 Å². The Bertz CT molecular complexity index is 360. The fraction of sp³-hybridized carbons (Fsp3) is 0.750. The summed E-state index contributed by atoms with van der Waals surface area (Å²) in [6.07, 6.45) is 3.76. The van der Waals surface area contributed by atoms with Gasteiger partial charge in [-0.25, -0.2) is 4.98 Å². The molecule has 1 aromatic rings. The summed E-state index contributed by atoms with van der Waals surface area (Å²) in [5, 5.41) is 0. The average molecular weight is 237 g/mol. The van der Waals surface area contributed by atoms with Gasteiger partial charge in [0.1, 0.15) is 0 Å². The van der Waals surface area contributed by atoms with Crippen molar-refractivity contribution in [3.63, 3.8) is 0 Å². The molecule has 0 amide bonds. The van der Waals surface area contributed by atoms with Gasteiger partial charge >= 0.3 is 0 Å². The second-order valence-corrected chi connectivity index (χ2v) is 5.16. The van der Waals surface area contributed by atoms with Crippen LogP contribution in [-0.4, -0.2) is 59.1 Å². The second kappa shape index (κ2) is 5.16. The highest BCUT2D eigenvalue weighted by atomic mass is 15.3. The van der Waals surface area contributed by atoms with E-state index in [-0.39, 0.29) is 6.04 Å². The molecule has 2 heterocycles. The third-order valence-corrected chi connectivity index (χ3v) is 3.60. The molecule has 0 saturated carbocycles. The summed E-state index contributed by atoms with van der Waals surface area (Å²) >= 11 is 0. The van der Waals surface area contributed by atoms with Crippen molar-refractivity contribution < 1.29 is 0 Å². The van der Waals surface area contributed by atoms with Crippen molar-refractivity contribution in [2.24, 2.45) is 5.73 Å². The minimum Gasteiger partial charge on any atom is -0.332 e. The summed E-state index contributed by atoms with van der Waals surface area (Å²) in [5.74, 6) is 0. The van der Waals surface area contributed by atoms with Crippen molar-refractivity contribution >= 4 is 0 Å². The lowest BCUT2D eigenvalue weighted by Crippen LogP contribution is -2.51. The highest BCUT2D eigenvalue weighted by molar-refractivity contribution is 5.03. The number of imidazole rings is 1. The van der Waals surface area contributed by atoms with Crippen LogP contribution >= 0.6 is 0 Å². The molecular weight excluding hydrogens is 214 g/mol. The SMILES string of the molecule is C[C@@H](N)c1cncn1CC1CN(C)CCN1C. The Morgan fingerprint density at radius 2 is 2.24 bits per heavy atom. The number of aromatic nitrogens is 2. The Labute approximate surface area is 103 Å². The maximum Gasteiger partial charge on any atom is 0.0949 e. The van der Waals surface area contributed by atoms with E-state index in [9.17, 15) is 0 Å². The number of nitrogens with two attached hydrogens (primary N) is 1. The molecule has 1 fully saturated rings. The summed E-state index contributed by atoms with van der Waals surface area (Å²) in [7, 11) is 4.38. The highest BCUT2D eigenvalue weighted by Crippen LogP contribution is 2.13. The van der Waals surface area contributed by atoms with Gasteiger partial charge in [-0.3, -0.25) is 4.90 Å². The molecule has 1 saturated heterocycles. The lowest BCUT2D eigenvalue weighted by molar-refractivity contribution is 0.102. The number of likely N-dealkylation sites (N-methyl/N-ethyl adjacent to an activating group) is 2. The van der Waals surface area contributed by atoms with Gasteiger partial charge in [-0.05, 0) is 21.0 Å². The fourth-order valence-corrected chi connectivity index (χ4v) is 2.39. The minimum absolute atomic E-state index is 0.0455. The molecule has 1 unspecified atom stereocenters. The first kappa shape index (κ1) is 12.5. The van der Waals surface area contributed by atoms with Crippen molar-refractivity contribution in [1.82, 2.24) is 19.4 Å². The maximum absolute atomic E-state index is 5.94. The Morgan fingerprint density at radius 3 is 2.94 bits per heavy atom.